The molecule has 3 rings (SSSR count). The second kappa shape index (κ2) is 6.82. The van der Waals surface area contributed by atoms with Crippen molar-refractivity contribution in [2.75, 3.05) is 5.32 Å². The molecule has 1 amide bonds. The molecule has 0 bridgehead atoms. The van der Waals surface area contributed by atoms with Gasteiger partial charge in [-0.2, -0.15) is 0 Å². The fourth-order valence-corrected chi connectivity index (χ4v) is 3.14. The van der Waals surface area contributed by atoms with E-state index in [9.17, 15) is 14.0 Å². The number of thiazole rings is 1. The van der Waals surface area contributed by atoms with Gasteiger partial charge in [0.05, 0.1) is 11.3 Å². The molecule has 3 aromatic rings. The first-order valence-corrected chi connectivity index (χ1v) is 8.19. The molecule has 1 heterocycles. The Hall–Kier alpha value is -3.06. The summed E-state index contributed by atoms with van der Waals surface area (Å²) >= 11 is 1.30. The Bertz CT molecular complexity index is 968. The minimum absolute atomic E-state index is 0.167. The van der Waals surface area contributed by atoms with Crippen LogP contribution < -0.4 is 5.32 Å². The van der Waals surface area contributed by atoms with Crippen molar-refractivity contribution < 1.29 is 19.1 Å². The molecule has 0 fully saturated rings. The second-order valence-electron chi connectivity index (χ2n) is 5.30. The molecule has 1 aromatic heterocycles. The zero-order valence-corrected chi connectivity index (χ0v) is 13.9. The van der Waals surface area contributed by atoms with Gasteiger partial charge < -0.3 is 10.4 Å². The summed E-state index contributed by atoms with van der Waals surface area (Å²) in [5, 5.41) is 13.9. The van der Waals surface area contributed by atoms with Crippen molar-refractivity contribution in [2.24, 2.45) is 0 Å². The Balaban J connectivity index is 1.92. The monoisotopic (exact) mass is 356 g/mol. The maximum absolute atomic E-state index is 14.3. The van der Waals surface area contributed by atoms with E-state index in [1.807, 2.05) is 0 Å². The maximum Gasteiger partial charge on any atom is 0.335 e. The molecule has 0 aliphatic carbocycles. The lowest BCUT2D eigenvalue weighted by Gasteiger charge is -2.05. The molecule has 2 N–H and O–H groups in total. The number of benzene rings is 2. The lowest BCUT2D eigenvalue weighted by atomic mass is 10.1. The van der Waals surface area contributed by atoms with Gasteiger partial charge in [-0.25, -0.2) is 14.2 Å². The fraction of sp³-hybridized carbons (Fsp3) is 0.0556. The van der Waals surface area contributed by atoms with Crippen LogP contribution in [0.1, 0.15) is 17.3 Å². The SMILES string of the molecule is CC(=O)Nc1ccc(-c2csc(-c3cccc(C(=O)O)c3)n2)c(F)c1. The number of carboxylic acid groups (broad SMARTS) is 1. The average molecular weight is 356 g/mol. The van der Waals surface area contributed by atoms with Crippen LogP contribution in [0.25, 0.3) is 21.8 Å². The summed E-state index contributed by atoms with van der Waals surface area (Å²) in [6.07, 6.45) is 0. The van der Waals surface area contributed by atoms with Gasteiger partial charge in [-0.1, -0.05) is 12.1 Å². The number of carbonyl (C=O) groups is 2. The molecular formula is C18H13FN2O3S. The molecule has 0 radical (unpaired) electrons. The van der Waals surface area contributed by atoms with E-state index in [0.29, 0.717) is 27.5 Å². The highest BCUT2D eigenvalue weighted by atomic mass is 32.1. The number of aromatic nitrogens is 1. The number of halogens is 1. The summed E-state index contributed by atoms with van der Waals surface area (Å²) in [7, 11) is 0. The number of amides is 1. The Morgan fingerprint density at radius 1 is 1.20 bits per heavy atom. The molecule has 0 saturated heterocycles. The van der Waals surface area contributed by atoms with Crippen LogP contribution in [-0.4, -0.2) is 22.0 Å². The van der Waals surface area contributed by atoms with E-state index in [-0.39, 0.29) is 11.5 Å². The maximum atomic E-state index is 14.3. The van der Waals surface area contributed by atoms with Gasteiger partial charge in [0.2, 0.25) is 5.91 Å². The second-order valence-corrected chi connectivity index (χ2v) is 6.16. The summed E-state index contributed by atoms with van der Waals surface area (Å²) in [4.78, 5) is 26.5. The number of nitrogens with one attached hydrogen (secondary N) is 1. The number of hydrogen-bond donors (Lipinski definition) is 2. The van der Waals surface area contributed by atoms with Crippen molar-refractivity contribution in [3.05, 3.63) is 59.2 Å². The largest absolute Gasteiger partial charge is 0.478 e. The average Bonchev–Trinajstić information content (AvgIpc) is 3.04. The van der Waals surface area contributed by atoms with Gasteiger partial charge in [-0.05, 0) is 30.3 Å². The molecule has 2 aromatic carbocycles. The third-order valence-electron chi connectivity index (χ3n) is 3.43. The van der Waals surface area contributed by atoms with Crippen LogP contribution in [0.2, 0.25) is 0 Å². The fourth-order valence-electron chi connectivity index (χ4n) is 2.32. The first-order chi connectivity index (χ1) is 11.9. The summed E-state index contributed by atoms with van der Waals surface area (Å²) < 4.78 is 14.3. The summed E-state index contributed by atoms with van der Waals surface area (Å²) in [5.41, 5.74) is 1.96. The molecular weight excluding hydrogens is 343 g/mol. The van der Waals surface area contributed by atoms with Crippen molar-refractivity contribution >= 4 is 28.9 Å². The summed E-state index contributed by atoms with van der Waals surface area (Å²) in [5.74, 6) is -1.79. The van der Waals surface area contributed by atoms with Crippen LogP contribution in [0.4, 0.5) is 10.1 Å². The molecule has 5 nitrogen and oxygen atoms in total. The summed E-state index contributed by atoms with van der Waals surface area (Å²) in [6, 6.07) is 10.8. The van der Waals surface area contributed by atoms with Gasteiger partial charge in [0.15, 0.2) is 0 Å². The number of anilines is 1. The minimum atomic E-state index is -1.02. The zero-order chi connectivity index (χ0) is 18.0. The van der Waals surface area contributed by atoms with Crippen molar-refractivity contribution in [3.8, 4) is 21.8 Å². The normalized spacial score (nSPS) is 10.5. The van der Waals surface area contributed by atoms with Gasteiger partial charge >= 0.3 is 5.97 Å². The standard InChI is InChI=1S/C18H13FN2O3S/c1-10(22)20-13-5-6-14(15(19)8-13)16-9-25-17(21-16)11-3-2-4-12(7-11)18(23)24/h2-9H,1H3,(H,20,22)(H,23,24). The van der Waals surface area contributed by atoms with Crippen LogP contribution in [0.15, 0.2) is 47.8 Å². The van der Waals surface area contributed by atoms with Crippen LogP contribution in [0, 0.1) is 5.82 Å². The molecule has 25 heavy (non-hydrogen) atoms. The lowest BCUT2D eigenvalue weighted by Crippen LogP contribution is -2.05. The van der Waals surface area contributed by atoms with Crippen LogP contribution in [0.3, 0.4) is 0 Å². The van der Waals surface area contributed by atoms with E-state index >= 15 is 0 Å². The van der Waals surface area contributed by atoms with Crippen LogP contribution in [-0.2, 0) is 4.79 Å². The molecule has 0 aliphatic rings. The van der Waals surface area contributed by atoms with Gasteiger partial charge in [-0.15, -0.1) is 11.3 Å². The molecule has 7 heteroatoms. The molecule has 126 valence electrons. The van der Waals surface area contributed by atoms with E-state index in [1.54, 1.807) is 29.6 Å². The van der Waals surface area contributed by atoms with Crippen molar-refractivity contribution in [2.45, 2.75) is 6.92 Å². The smallest absolute Gasteiger partial charge is 0.335 e. The highest BCUT2D eigenvalue weighted by Gasteiger charge is 2.13. The number of aromatic carboxylic acids is 1. The first kappa shape index (κ1) is 16.8. The molecule has 0 spiro atoms. The van der Waals surface area contributed by atoms with Gasteiger partial charge in [0, 0.05) is 29.1 Å². The molecule has 0 aliphatic heterocycles. The van der Waals surface area contributed by atoms with Crippen molar-refractivity contribution in [3.63, 3.8) is 0 Å². The van der Waals surface area contributed by atoms with E-state index in [1.165, 1.54) is 36.5 Å². The third kappa shape index (κ3) is 3.72. The van der Waals surface area contributed by atoms with Gasteiger partial charge in [-0.3, -0.25) is 4.79 Å². The number of carbonyl (C=O) groups excluding carboxylic acids is 1. The number of nitrogens with zero attached hydrogens (tertiary/aromatic N) is 1. The number of hydrogen-bond acceptors (Lipinski definition) is 4. The topological polar surface area (TPSA) is 79.3 Å². The highest BCUT2D eigenvalue weighted by molar-refractivity contribution is 7.13. The Morgan fingerprint density at radius 2 is 2.00 bits per heavy atom. The first-order valence-electron chi connectivity index (χ1n) is 7.31. The third-order valence-corrected chi connectivity index (χ3v) is 4.32. The van der Waals surface area contributed by atoms with E-state index < -0.39 is 11.8 Å². The lowest BCUT2D eigenvalue weighted by molar-refractivity contribution is -0.114. The molecule has 0 saturated carbocycles. The van der Waals surface area contributed by atoms with Gasteiger partial charge in [0.25, 0.3) is 0 Å². The quantitative estimate of drug-likeness (QED) is 0.731. The highest BCUT2D eigenvalue weighted by Crippen LogP contribution is 2.31. The van der Waals surface area contributed by atoms with E-state index in [2.05, 4.69) is 10.3 Å². The van der Waals surface area contributed by atoms with Crippen LogP contribution >= 0.6 is 11.3 Å². The Labute approximate surface area is 146 Å². The summed E-state index contributed by atoms with van der Waals surface area (Å²) in [6.45, 7) is 1.35. The predicted octanol–water partition coefficient (Wildman–Crippen LogP) is 4.27. The van der Waals surface area contributed by atoms with E-state index in [0.717, 1.165) is 0 Å². The van der Waals surface area contributed by atoms with E-state index in [4.69, 9.17) is 5.11 Å². The predicted molar refractivity (Wildman–Crippen MR) is 94.2 cm³/mol. The Kier molecular flexibility index (Phi) is 4.58. The number of rotatable bonds is 4. The number of carboxylic acids is 1. The van der Waals surface area contributed by atoms with Crippen molar-refractivity contribution in [1.29, 1.82) is 0 Å². The molecule has 0 atom stereocenters. The molecule has 0 unspecified atom stereocenters. The zero-order valence-electron chi connectivity index (χ0n) is 13.1. The van der Waals surface area contributed by atoms with Crippen molar-refractivity contribution in [1.82, 2.24) is 4.98 Å². The Morgan fingerprint density at radius 3 is 2.68 bits per heavy atom. The van der Waals surface area contributed by atoms with Gasteiger partial charge in [0.1, 0.15) is 10.8 Å². The van der Waals surface area contributed by atoms with Crippen LogP contribution in [0.5, 0.6) is 0 Å². The minimum Gasteiger partial charge on any atom is -0.478 e.